The standard InChI is InChI=1S/C16H18N2O/c1-12-4-3-5-13(10-12)16(19)18-9-7-15-14(11-18)6-8-17(15)2/h3-6,8,10H,7,9,11H2,1-2H3. The van der Waals surface area contributed by atoms with Crippen molar-refractivity contribution in [2.24, 2.45) is 7.05 Å². The second kappa shape index (κ2) is 4.57. The van der Waals surface area contributed by atoms with Crippen LogP contribution in [0.5, 0.6) is 0 Å². The molecule has 0 saturated carbocycles. The van der Waals surface area contributed by atoms with Gasteiger partial charge in [0.15, 0.2) is 0 Å². The van der Waals surface area contributed by atoms with Crippen LogP contribution in [0.25, 0.3) is 0 Å². The van der Waals surface area contributed by atoms with Gasteiger partial charge in [0.25, 0.3) is 5.91 Å². The first kappa shape index (κ1) is 12.0. The van der Waals surface area contributed by atoms with Crippen LogP contribution in [0.3, 0.4) is 0 Å². The molecule has 2 heterocycles. The second-order valence-corrected chi connectivity index (χ2v) is 5.24. The first-order valence-corrected chi connectivity index (χ1v) is 6.64. The number of fused-ring (bicyclic) bond motifs is 1. The predicted octanol–water partition coefficient (Wildman–Crippen LogP) is 2.53. The minimum atomic E-state index is 0.137. The first-order valence-electron chi connectivity index (χ1n) is 6.64. The van der Waals surface area contributed by atoms with Crippen LogP contribution in [-0.4, -0.2) is 21.9 Å². The van der Waals surface area contributed by atoms with E-state index in [4.69, 9.17) is 0 Å². The molecule has 1 amide bonds. The number of nitrogens with zero attached hydrogens (tertiary/aromatic N) is 2. The third kappa shape index (κ3) is 2.16. The van der Waals surface area contributed by atoms with Crippen molar-refractivity contribution in [2.75, 3.05) is 6.54 Å². The lowest BCUT2D eigenvalue weighted by Crippen LogP contribution is -2.36. The van der Waals surface area contributed by atoms with E-state index >= 15 is 0 Å². The summed E-state index contributed by atoms with van der Waals surface area (Å²) in [7, 11) is 2.07. The number of hydrogen-bond acceptors (Lipinski definition) is 1. The van der Waals surface area contributed by atoms with Crippen molar-refractivity contribution in [1.82, 2.24) is 9.47 Å². The van der Waals surface area contributed by atoms with E-state index in [1.807, 2.05) is 36.1 Å². The lowest BCUT2D eigenvalue weighted by Gasteiger charge is -2.28. The van der Waals surface area contributed by atoms with Crippen LogP contribution >= 0.6 is 0 Å². The van der Waals surface area contributed by atoms with Gasteiger partial charge in [0, 0.05) is 44.0 Å². The highest BCUT2D eigenvalue weighted by Gasteiger charge is 2.23. The van der Waals surface area contributed by atoms with E-state index in [1.165, 1.54) is 11.3 Å². The molecule has 98 valence electrons. The van der Waals surface area contributed by atoms with Crippen LogP contribution in [0.1, 0.15) is 27.2 Å². The van der Waals surface area contributed by atoms with Gasteiger partial charge in [-0.25, -0.2) is 0 Å². The Morgan fingerprint density at radius 1 is 1.26 bits per heavy atom. The van der Waals surface area contributed by atoms with Gasteiger partial charge < -0.3 is 9.47 Å². The highest BCUT2D eigenvalue weighted by Crippen LogP contribution is 2.21. The van der Waals surface area contributed by atoms with E-state index in [1.54, 1.807) is 0 Å². The van der Waals surface area contributed by atoms with Crippen molar-refractivity contribution in [3.05, 3.63) is 58.9 Å². The van der Waals surface area contributed by atoms with Gasteiger partial charge in [-0.3, -0.25) is 4.79 Å². The van der Waals surface area contributed by atoms with Gasteiger partial charge in [-0.15, -0.1) is 0 Å². The Labute approximate surface area is 113 Å². The van der Waals surface area contributed by atoms with Gasteiger partial charge in [0.2, 0.25) is 0 Å². The highest BCUT2D eigenvalue weighted by molar-refractivity contribution is 5.94. The van der Waals surface area contributed by atoms with E-state index in [9.17, 15) is 4.79 Å². The van der Waals surface area contributed by atoms with E-state index in [0.717, 1.165) is 30.6 Å². The Morgan fingerprint density at radius 3 is 2.89 bits per heavy atom. The number of rotatable bonds is 1. The lowest BCUT2D eigenvalue weighted by molar-refractivity contribution is 0.0733. The molecule has 3 heteroatoms. The first-order chi connectivity index (χ1) is 9.15. The van der Waals surface area contributed by atoms with Crippen molar-refractivity contribution >= 4 is 5.91 Å². The highest BCUT2D eigenvalue weighted by atomic mass is 16.2. The molecule has 1 aromatic carbocycles. The molecule has 3 rings (SSSR count). The molecule has 0 spiro atoms. The summed E-state index contributed by atoms with van der Waals surface area (Å²) in [5.41, 5.74) is 4.55. The number of amides is 1. The number of carbonyl (C=O) groups is 1. The van der Waals surface area contributed by atoms with Crippen molar-refractivity contribution < 1.29 is 4.79 Å². The molecule has 0 saturated heterocycles. The monoisotopic (exact) mass is 254 g/mol. The Bertz CT molecular complexity index is 627. The topological polar surface area (TPSA) is 25.2 Å². The summed E-state index contributed by atoms with van der Waals surface area (Å²) in [6.07, 6.45) is 3.02. The summed E-state index contributed by atoms with van der Waals surface area (Å²) in [6.45, 7) is 3.54. The molecule has 0 fully saturated rings. The fourth-order valence-corrected chi connectivity index (χ4v) is 2.75. The molecular weight excluding hydrogens is 236 g/mol. The molecule has 0 unspecified atom stereocenters. The molecule has 0 atom stereocenters. The molecule has 0 bridgehead atoms. The third-order valence-electron chi connectivity index (χ3n) is 3.83. The van der Waals surface area contributed by atoms with Gasteiger partial charge in [-0.05, 0) is 30.7 Å². The zero-order valence-corrected chi connectivity index (χ0v) is 11.4. The van der Waals surface area contributed by atoms with Crippen LogP contribution in [0.15, 0.2) is 36.5 Å². The Kier molecular flexibility index (Phi) is 2.90. The minimum absolute atomic E-state index is 0.137. The van der Waals surface area contributed by atoms with Crippen LogP contribution in [0.2, 0.25) is 0 Å². The van der Waals surface area contributed by atoms with Gasteiger partial charge in [0.05, 0.1) is 0 Å². The molecule has 3 nitrogen and oxygen atoms in total. The average Bonchev–Trinajstić information content (AvgIpc) is 2.79. The molecule has 19 heavy (non-hydrogen) atoms. The average molecular weight is 254 g/mol. The van der Waals surface area contributed by atoms with Crippen molar-refractivity contribution in [3.8, 4) is 0 Å². The Morgan fingerprint density at radius 2 is 2.11 bits per heavy atom. The number of aromatic nitrogens is 1. The van der Waals surface area contributed by atoms with Crippen molar-refractivity contribution in [2.45, 2.75) is 19.9 Å². The normalized spacial score (nSPS) is 14.3. The van der Waals surface area contributed by atoms with E-state index in [0.29, 0.717) is 0 Å². The minimum Gasteiger partial charge on any atom is -0.354 e. The fourth-order valence-electron chi connectivity index (χ4n) is 2.75. The molecule has 2 aromatic rings. The molecule has 1 aromatic heterocycles. The maximum Gasteiger partial charge on any atom is 0.254 e. The van der Waals surface area contributed by atoms with E-state index in [-0.39, 0.29) is 5.91 Å². The second-order valence-electron chi connectivity index (χ2n) is 5.24. The van der Waals surface area contributed by atoms with Crippen LogP contribution < -0.4 is 0 Å². The van der Waals surface area contributed by atoms with Gasteiger partial charge in [0.1, 0.15) is 0 Å². The number of aryl methyl sites for hydroxylation is 2. The summed E-state index contributed by atoms with van der Waals surface area (Å²) in [6, 6.07) is 9.94. The largest absolute Gasteiger partial charge is 0.354 e. The third-order valence-corrected chi connectivity index (χ3v) is 3.83. The Hall–Kier alpha value is -2.03. The smallest absolute Gasteiger partial charge is 0.254 e. The summed E-state index contributed by atoms with van der Waals surface area (Å²) < 4.78 is 2.16. The van der Waals surface area contributed by atoms with Gasteiger partial charge in [-0.2, -0.15) is 0 Å². The molecule has 1 aliphatic rings. The lowest BCUT2D eigenvalue weighted by atomic mass is 10.1. The SMILES string of the molecule is Cc1cccc(C(=O)N2CCc3c(ccn3C)C2)c1. The van der Waals surface area contributed by atoms with E-state index in [2.05, 4.69) is 23.9 Å². The fraction of sp³-hybridized carbons (Fsp3) is 0.312. The zero-order chi connectivity index (χ0) is 13.4. The Balaban J connectivity index is 1.83. The summed E-state index contributed by atoms with van der Waals surface area (Å²) in [5, 5.41) is 0. The van der Waals surface area contributed by atoms with Crippen LogP contribution in [-0.2, 0) is 20.0 Å². The number of benzene rings is 1. The van der Waals surface area contributed by atoms with Crippen LogP contribution in [0.4, 0.5) is 0 Å². The van der Waals surface area contributed by atoms with Gasteiger partial charge in [-0.1, -0.05) is 17.7 Å². The molecule has 0 radical (unpaired) electrons. The summed E-state index contributed by atoms with van der Waals surface area (Å²) in [4.78, 5) is 14.4. The molecule has 0 N–H and O–H groups in total. The van der Waals surface area contributed by atoms with Crippen LogP contribution in [0, 0.1) is 6.92 Å². The van der Waals surface area contributed by atoms with Crippen molar-refractivity contribution in [1.29, 1.82) is 0 Å². The van der Waals surface area contributed by atoms with E-state index < -0.39 is 0 Å². The predicted molar refractivity (Wildman–Crippen MR) is 75.0 cm³/mol. The molecule has 0 aliphatic carbocycles. The summed E-state index contributed by atoms with van der Waals surface area (Å²) in [5.74, 6) is 0.137. The zero-order valence-electron chi connectivity index (χ0n) is 11.4. The maximum absolute atomic E-state index is 12.5. The maximum atomic E-state index is 12.5. The quantitative estimate of drug-likeness (QED) is 0.767. The number of hydrogen-bond donors (Lipinski definition) is 0. The summed E-state index contributed by atoms with van der Waals surface area (Å²) >= 11 is 0. The molecule has 1 aliphatic heterocycles. The van der Waals surface area contributed by atoms with Crippen molar-refractivity contribution in [3.63, 3.8) is 0 Å². The molecular formula is C16H18N2O. The van der Waals surface area contributed by atoms with Gasteiger partial charge >= 0.3 is 0 Å². The number of carbonyl (C=O) groups excluding carboxylic acids is 1.